The molecule has 9 heteroatoms. The van der Waals surface area contributed by atoms with Crippen LogP contribution in [0.25, 0.3) is 17.2 Å². The van der Waals surface area contributed by atoms with Crippen LogP contribution in [0.15, 0.2) is 65.7 Å². The van der Waals surface area contributed by atoms with E-state index in [1.165, 1.54) is 23.5 Å². The molecule has 0 bridgehead atoms. The van der Waals surface area contributed by atoms with Crippen molar-refractivity contribution in [3.63, 3.8) is 0 Å². The molecule has 0 aliphatic carbocycles. The summed E-state index contributed by atoms with van der Waals surface area (Å²) in [5.74, 6) is -2.06. The third kappa shape index (κ3) is 4.99. The zero-order valence-corrected chi connectivity index (χ0v) is 18.3. The normalized spacial score (nSPS) is 14.5. The maximum absolute atomic E-state index is 12.7. The molecule has 0 spiro atoms. The topological polar surface area (TPSA) is 116 Å². The molecule has 1 fully saturated rings. The highest BCUT2D eigenvalue weighted by molar-refractivity contribution is 7.11. The Hall–Kier alpha value is -4.24. The Morgan fingerprint density at radius 1 is 1.06 bits per heavy atom. The van der Waals surface area contributed by atoms with Gasteiger partial charge in [0.05, 0.1) is 5.56 Å². The number of carboxylic acids is 1. The molecule has 1 aromatic heterocycles. The molecule has 0 unspecified atom stereocenters. The maximum atomic E-state index is 12.7. The number of carbonyl (C=O) groups excluding carboxylic acids is 3. The van der Waals surface area contributed by atoms with Gasteiger partial charge in [0, 0.05) is 10.6 Å². The number of aromatic carboxylic acids is 1. The summed E-state index contributed by atoms with van der Waals surface area (Å²) in [6.07, 6.45) is 1.55. The van der Waals surface area contributed by atoms with E-state index in [0.717, 1.165) is 26.5 Å². The van der Waals surface area contributed by atoms with Crippen molar-refractivity contribution in [3.05, 3.63) is 81.7 Å². The van der Waals surface area contributed by atoms with Gasteiger partial charge in [-0.1, -0.05) is 29.8 Å². The van der Waals surface area contributed by atoms with Crippen molar-refractivity contribution in [2.45, 2.75) is 6.92 Å². The van der Waals surface area contributed by atoms with E-state index >= 15 is 0 Å². The van der Waals surface area contributed by atoms with Crippen LogP contribution in [0.3, 0.4) is 0 Å². The van der Waals surface area contributed by atoms with Gasteiger partial charge in [-0.3, -0.25) is 9.59 Å². The molecule has 166 valence electrons. The number of amides is 4. The largest absolute Gasteiger partial charge is 0.478 e. The van der Waals surface area contributed by atoms with Gasteiger partial charge in [0.1, 0.15) is 12.2 Å². The summed E-state index contributed by atoms with van der Waals surface area (Å²) >= 11 is 1.37. The van der Waals surface area contributed by atoms with Gasteiger partial charge in [0.25, 0.3) is 5.91 Å². The van der Waals surface area contributed by atoms with Crippen LogP contribution in [0, 0.1) is 6.92 Å². The van der Waals surface area contributed by atoms with Crippen molar-refractivity contribution in [2.75, 3.05) is 11.9 Å². The predicted octanol–water partition coefficient (Wildman–Crippen LogP) is 3.95. The van der Waals surface area contributed by atoms with Crippen molar-refractivity contribution < 1.29 is 24.3 Å². The highest BCUT2D eigenvalue weighted by atomic mass is 32.1. The molecule has 2 aromatic carbocycles. The first-order chi connectivity index (χ1) is 15.8. The molecule has 2 heterocycles. The number of nitrogens with zero attached hydrogens (tertiary/aromatic N) is 1. The van der Waals surface area contributed by atoms with Crippen LogP contribution in [-0.2, 0) is 9.59 Å². The number of nitrogens with one attached hydrogen (secondary N) is 2. The minimum atomic E-state index is -0.995. The molecule has 1 aliphatic heterocycles. The first-order valence-corrected chi connectivity index (χ1v) is 10.8. The number of hydrogen-bond acceptors (Lipinski definition) is 5. The second-order valence-corrected chi connectivity index (χ2v) is 8.36. The van der Waals surface area contributed by atoms with E-state index in [4.69, 9.17) is 5.11 Å². The minimum Gasteiger partial charge on any atom is -0.478 e. The lowest BCUT2D eigenvalue weighted by atomic mass is 10.1. The zero-order valence-electron chi connectivity index (χ0n) is 17.5. The van der Waals surface area contributed by atoms with Crippen molar-refractivity contribution in [1.29, 1.82) is 0 Å². The Balaban J connectivity index is 1.43. The van der Waals surface area contributed by atoms with E-state index in [1.807, 2.05) is 30.5 Å². The number of hydrogen-bond donors (Lipinski definition) is 3. The number of benzene rings is 2. The Labute approximate surface area is 193 Å². The average molecular weight is 461 g/mol. The Kier molecular flexibility index (Phi) is 6.05. The summed E-state index contributed by atoms with van der Waals surface area (Å²) in [5, 5.41) is 16.1. The van der Waals surface area contributed by atoms with Gasteiger partial charge < -0.3 is 15.7 Å². The van der Waals surface area contributed by atoms with Crippen LogP contribution in [0.4, 0.5) is 10.5 Å². The second kappa shape index (κ2) is 9.09. The van der Waals surface area contributed by atoms with Gasteiger partial charge in [0.15, 0.2) is 0 Å². The average Bonchev–Trinajstić information content (AvgIpc) is 3.36. The van der Waals surface area contributed by atoms with Crippen LogP contribution >= 0.6 is 11.3 Å². The molecule has 3 aromatic rings. The van der Waals surface area contributed by atoms with Crippen molar-refractivity contribution in [3.8, 4) is 11.1 Å². The van der Waals surface area contributed by atoms with Gasteiger partial charge in [-0.05, 0) is 59.8 Å². The van der Waals surface area contributed by atoms with E-state index in [-0.39, 0.29) is 11.3 Å². The van der Waals surface area contributed by atoms with Gasteiger partial charge in [-0.25, -0.2) is 14.5 Å². The van der Waals surface area contributed by atoms with Gasteiger partial charge in [-0.15, -0.1) is 11.3 Å². The van der Waals surface area contributed by atoms with E-state index in [9.17, 15) is 19.2 Å². The van der Waals surface area contributed by atoms with Gasteiger partial charge in [0.2, 0.25) is 5.91 Å². The molecule has 4 amide bonds. The summed E-state index contributed by atoms with van der Waals surface area (Å²) in [5.41, 5.74) is 3.59. The van der Waals surface area contributed by atoms with Gasteiger partial charge >= 0.3 is 12.0 Å². The first-order valence-electron chi connectivity index (χ1n) is 9.93. The number of anilines is 1. The molecular weight excluding hydrogens is 442 g/mol. The highest BCUT2D eigenvalue weighted by Gasteiger charge is 2.35. The van der Waals surface area contributed by atoms with E-state index in [2.05, 4.69) is 10.6 Å². The van der Waals surface area contributed by atoms with Crippen molar-refractivity contribution in [1.82, 2.24) is 10.2 Å². The fraction of sp³-hybridized carbons (Fsp3) is 0.0833. The van der Waals surface area contributed by atoms with Crippen LogP contribution in [-0.4, -0.2) is 40.4 Å². The summed E-state index contributed by atoms with van der Waals surface area (Å²) in [7, 11) is 0. The fourth-order valence-corrected chi connectivity index (χ4v) is 4.07. The first kappa shape index (κ1) is 22.0. The Morgan fingerprint density at radius 2 is 1.76 bits per heavy atom. The number of aryl methyl sites for hydroxylation is 1. The van der Waals surface area contributed by atoms with E-state index in [1.54, 1.807) is 30.3 Å². The molecule has 1 aliphatic rings. The lowest BCUT2D eigenvalue weighted by molar-refractivity contribution is -0.127. The third-order valence-corrected chi connectivity index (χ3v) is 5.85. The molecular formula is C24H19N3O5S. The van der Waals surface area contributed by atoms with E-state index in [0.29, 0.717) is 5.69 Å². The van der Waals surface area contributed by atoms with Crippen LogP contribution < -0.4 is 10.6 Å². The number of urea groups is 1. The Bertz CT molecular complexity index is 1280. The monoisotopic (exact) mass is 461 g/mol. The smallest absolute Gasteiger partial charge is 0.335 e. The highest BCUT2D eigenvalue weighted by Crippen LogP contribution is 2.28. The van der Waals surface area contributed by atoms with Crippen LogP contribution in [0.1, 0.15) is 20.8 Å². The minimum absolute atomic E-state index is 0.0813. The second-order valence-electron chi connectivity index (χ2n) is 7.41. The fourth-order valence-electron chi connectivity index (χ4n) is 3.22. The molecule has 3 N–H and O–H groups in total. The molecule has 8 nitrogen and oxygen atoms in total. The molecule has 4 rings (SSSR count). The standard InChI is InChI=1S/C24H19N3O5S/c1-14-2-8-18(9-3-14)25-21(28)12-27-22(29)20(26-24(27)32)11-19-10-17(13-33-19)15-4-6-16(7-5-15)23(30)31/h2-11,13H,12H2,1H3,(H,25,28)(H,26,32)(H,30,31)/b20-11-. The molecule has 0 radical (unpaired) electrons. The predicted molar refractivity (Wildman–Crippen MR) is 125 cm³/mol. The Morgan fingerprint density at radius 3 is 2.42 bits per heavy atom. The molecule has 0 atom stereocenters. The zero-order chi connectivity index (χ0) is 23.5. The van der Waals surface area contributed by atoms with E-state index < -0.39 is 30.4 Å². The number of carboxylic acid groups (broad SMARTS) is 1. The van der Waals surface area contributed by atoms with Crippen LogP contribution in [0.5, 0.6) is 0 Å². The number of thiophene rings is 1. The summed E-state index contributed by atoms with van der Waals surface area (Å²) in [6.45, 7) is 1.53. The lowest BCUT2D eigenvalue weighted by Crippen LogP contribution is -2.38. The number of rotatable bonds is 6. The van der Waals surface area contributed by atoms with Crippen molar-refractivity contribution >= 4 is 46.9 Å². The van der Waals surface area contributed by atoms with Crippen molar-refractivity contribution in [2.24, 2.45) is 0 Å². The number of imide groups is 1. The number of carbonyl (C=O) groups is 4. The lowest BCUT2D eigenvalue weighted by Gasteiger charge is -2.12. The molecule has 33 heavy (non-hydrogen) atoms. The summed E-state index contributed by atoms with van der Waals surface area (Å²) in [6, 6.07) is 14.8. The van der Waals surface area contributed by atoms with Gasteiger partial charge in [-0.2, -0.15) is 0 Å². The summed E-state index contributed by atoms with van der Waals surface area (Å²) < 4.78 is 0. The molecule has 0 saturated carbocycles. The third-order valence-electron chi connectivity index (χ3n) is 4.97. The molecule has 1 saturated heterocycles. The summed E-state index contributed by atoms with van der Waals surface area (Å²) in [4.78, 5) is 49.8. The van der Waals surface area contributed by atoms with Crippen LogP contribution in [0.2, 0.25) is 0 Å². The maximum Gasteiger partial charge on any atom is 0.335 e. The quantitative estimate of drug-likeness (QED) is 0.380. The SMILES string of the molecule is Cc1ccc(NC(=O)CN2C(=O)N/C(=C\c3cc(-c4ccc(C(=O)O)cc4)cs3)C2=O)cc1.